The largest absolute Gasteiger partial charge is 0.497 e. The highest BCUT2D eigenvalue weighted by Crippen LogP contribution is 2.15. The number of hydrogen-bond donors (Lipinski definition) is 0. The summed E-state index contributed by atoms with van der Waals surface area (Å²) in [7, 11) is 3.44. The SMILES string of the molecule is COCCN(Cc1cccc(OC)c1)C(C)C. The lowest BCUT2D eigenvalue weighted by molar-refractivity contribution is 0.125. The number of nitrogens with zero attached hydrogens (tertiary/aromatic N) is 1. The van der Waals surface area contributed by atoms with Crippen LogP contribution in [0.25, 0.3) is 0 Å². The monoisotopic (exact) mass is 237 g/mol. The van der Waals surface area contributed by atoms with Gasteiger partial charge in [0, 0.05) is 26.2 Å². The maximum atomic E-state index is 5.23. The van der Waals surface area contributed by atoms with Gasteiger partial charge in [0.2, 0.25) is 0 Å². The van der Waals surface area contributed by atoms with E-state index in [2.05, 4.69) is 30.9 Å². The van der Waals surface area contributed by atoms with Gasteiger partial charge in [0.1, 0.15) is 5.75 Å². The zero-order chi connectivity index (χ0) is 12.7. The molecule has 0 fully saturated rings. The molecule has 1 aromatic carbocycles. The summed E-state index contributed by atoms with van der Waals surface area (Å²) in [5.74, 6) is 0.915. The van der Waals surface area contributed by atoms with Crippen LogP contribution in [0, 0.1) is 0 Å². The van der Waals surface area contributed by atoms with E-state index < -0.39 is 0 Å². The van der Waals surface area contributed by atoms with Crippen LogP contribution in [0.15, 0.2) is 24.3 Å². The Labute approximate surface area is 104 Å². The number of ether oxygens (including phenoxy) is 2. The first kappa shape index (κ1) is 14.0. The van der Waals surface area contributed by atoms with Crippen LogP contribution in [-0.4, -0.2) is 38.3 Å². The molecule has 0 atom stereocenters. The Morgan fingerprint density at radius 3 is 2.59 bits per heavy atom. The molecule has 17 heavy (non-hydrogen) atoms. The summed E-state index contributed by atoms with van der Waals surface area (Å²) < 4.78 is 10.4. The first-order valence-electron chi connectivity index (χ1n) is 6.03. The lowest BCUT2D eigenvalue weighted by atomic mass is 10.2. The normalized spacial score (nSPS) is 11.2. The van der Waals surface area contributed by atoms with Crippen LogP contribution < -0.4 is 4.74 Å². The quantitative estimate of drug-likeness (QED) is 0.727. The molecule has 96 valence electrons. The highest BCUT2D eigenvalue weighted by atomic mass is 16.5. The van der Waals surface area contributed by atoms with Gasteiger partial charge in [-0.1, -0.05) is 12.1 Å². The Bertz CT molecular complexity index is 326. The Kier molecular flexibility index (Phi) is 6.01. The number of hydrogen-bond acceptors (Lipinski definition) is 3. The third-order valence-electron chi connectivity index (χ3n) is 2.83. The minimum atomic E-state index is 0.511. The van der Waals surface area contributed by atoms with E-state index in [0.29, 0.717) is 6.04 Å². The summed E-state index contributed by atoms with van der Waals surface area (Å²) in [6.07, 6.45) is 0. The number of methoxy groups -OCH3 is 2. The molecular formula is C14H23NO2. The molecule has 0 aliphatic heterocycles. The van der Waals surface area contributed by atoms with Crippen LogP contribution in [0.2, 0.25) is 0 Å². The molecule has 0 saturated carbocycles. The van der Waals surface area contributed by atoms with Gasteiger partial charge in [-0.15, -0.1) is 0 Å². The Morgan fingerprint density at radius 2 is 2.00 bits per heavy atom. The van der Waals surface area contributed by atoms with E-state index in [-0.39, 0.29) is 0 Å². The Balaban J connectivity index is 2.64. The fourth-order valence-electron chi connectivity index (χ4n) is 1.73. The third kappa shape index (κ3) is 4.75. The topological polar surface area (TPSA) is 21.7 Å². The molecule has 0 bridgehead atoms. The van der Waals surface area contributed by atoms with Gasteiger partial charge in [0.25, 0.3) is 0 Å². The van der Waals surface area contributed by atoms with Gasteiger partial charge in [-0.3, -0.25) is 4.90 Å². The molecule has 0 spiro atoms. The molecule has 0 amide bonds. The summed E-state index contributed by atoms with van der Waals surface area (Å²) in [6.45, 7) is 7.05. The van der Waals surface area contributed by atoms with E-state index in [1.165, 1.54) is 5.56 Å². The Hall–Kier alpha value is -1.06. The van der Waals surface area contributed by atoms with Crippen molar-refractivity contribution in [2.75, 3.05) is 27.4 Å². The second-order valence-electron chi connectivity index (χ2n) is 4.41. The zero-order valence-corrected chi connectivity index (χ0v) is 11.3. The molecule has 0 aliphatic carbocycles. The van der Waals surface area contributed by atoms with E-state index in [0.717, 1.165) is 25.4 Å². The van der Waals surface area contributed by atoms with Crippen LogP contribution in [0.3, 0.4) is 0 Å². The molecule has 0 N–H and O–H groups in total. The van der Waals surface area contributed by atoms with Crippen molar-refractivity contribution in [3.8, 4) is 5.75 Å². The van der Waals surface area contributed by atoms with Crippen molar-refractivity contribution in [2.24, 2.45) is 0 Å². The van der Waals surface area contributed by atoms with Crippen LogP contribution in [-0.2, 0) is 11.3 Å². The van der Waals surface area contributed by atoms with E-state index in [4.69, 9.17) is 9.47 Å². The van der Waals surface area contributed by atoms with E-state index in [1.54, 1.807) is 14.2 Å². The van der Waals surface area contributed by atoms with Crippen LogP contribution in [0.4, 0.5) is 0 Å². The average molecular weight is 237 g/mol. The minimum Gasteiger partial charge on any atom is -0.497 e. The molecule has 1 rings (SSSR count). The zero-order valence-electron chi connectivity index (χ0n) is 11.3. The average Bonchev–Trinajstić information content (AvgIpc) is 2.34. The highest BCUT2D eigenvalue weighted by Gasteiger charge is 2.10. The maximum absolute atomic E-state index is 5.23. The van der Waals surface area contributed by atoms with Crippen molar-refractivity contribution >= 4 is 0 Å². The molecule has 0 aromatic heterocycles. The first-order valence-corrected chi connectivity index (χ1v) is 6.03. The fraction of sp³-hybridized carbons (Fsp3) is 0.571. The second kappa shape index (κ2) is 7.30. The van der Waals surface area contributed by atoms with E-state index >= 15 is 0 Å². The van der Waals surface area contributed by atoms with Gasteiger partial charge in [-0.2, -0.15) is 0 Å². The number of rotatable bonds is 7. The molecule has 0 saturated heterocycles. The van der Waals surface area contributed by atoms with Gasteiger partial charge in [0.15, 0.2) is 0 Å². The summed E-state index contributed by atoms with van der Waals surface area (Å²) >= 11 is 0. The van der Waals surface area contributed by atoms with Crippen molar-refractivity contribution in [3.05, 3.63) is 29.8 Å². The molecule has 0 aliphatic rings. The second-order valence-corrected chi connectivity index (χ2v) is 4.41. The number of benzene rings is 1. The van der Waals surface area contributed by atoms with Crippen molar-refractivity contribution in [2.45, 2.75) is 26.4 Å². The predicted molar refractivity (Wildman–Crippen MR) is 70.4 cm³/mol. The van der Waals surface area contributed by atoms with E-state index in [9.17, 15) is 0 Å². The molecule has 0 unspecified atom stereocenters. The summed E-state index contributed by atoms with van der Waals surface area (Å²) in [5.41, 5.74) is 1.27. The Morgan fingerprint density at radius 1 is 1.24 bits per heavy atom. The lowest BCUT2D eigenvalue weighted by Crippen LogP contribution is -2.33. The molecule has 3 heteroatoms. The van der Waals surface area contributed by atoms with Gasteiger partial charge in [0.05, 0.1) is 13.7 Å². The minimum absolute atomic E-state index is 0.511. The molecule has 1 aromatic rings. The van der Waals surface area contributed by atoms with Gasteiger partial charge >= 0.3 is 0 Å². The van der Waals surface area contributed by atoms with Gasteiger partial charge < -0.3 is 9.47 Å². The predicted octanol–water partition coefficient (Wildman–Crippen LogP) is 2.55. The smallest absolute Gasteiger partial charge is 0.119 e. The van der Waals surface area contributed by atoms with Crippen molar-refractivity contribution < 1.29 is 9.47 Å². The summed E-state index contributed by atoms with van der Waals surface area (Å²) in [4.78, 5) is 2.39. The molecule has 0 radical (unpaired) electrons. The van der Waals surface area contributed by atoms with Gasteiger partial charge in [-0.05, 0) is 31.5 Å². The lowest BCUT2D eigenvalue weighted by Gasteiger charge is -2.26. The summed E-state index contributed by atoms with van der Waals surface area (Å²) in [5, 5.41) is 0. The fourth-order valence-corrected chi connectivity index (χ4v) is 1.73. The van der Waals surface area contributed by atoms with E-state index in [1.807, 2.05) is 12.1 Å². The molecule has 3 nitrogen and oxygen atoms in total. The van der Waals surface area contributed by atoms with Crippen LogP contribution in [0.5, 0.6) is 5.75 Å². The standard InChI is InChI=1S/C14H23NO2/c1-12(2)15(8-9-16-3)11-13-6-5-7-14(10-13)17-4/h5-7,10,12H,8-9,11H2,1-4H3. The van der Waals surface area contributed by atoms with Gasteiger partial charge in [-0.25, -0.2) is 0 Å². The summed E-state index contributed by atoms with van der Waals surface area (Å²) in [6, 6.07) is 8.73. The maximum Gasteiger partial charge on any atom is 0.119 e. The van der Waals surface area contributed by atoms with Crippen LogP contribution in [0.1, 0.15) is 19.4 Å². The van der Waals surface area contributed by atoms with Crippen molar-refractivity contribution in [3.63, 3.8) is 0 Å². The highest BCUT2D eigenvalue weighted by molar-refractivity contribution is 5.28. The first-order chi connectivity index (χ1) is 8.17. The third-order valence-corrected chi connectivity index (χ3v) is 2.83. The molecule has 0 heterocycles. The van der Waals surface area contributed by atoms with Crippen molar-refractivity contribution in [1.82, 2.24) is 4.90 Å². The van der Waals surface area contributed by atoms with Crippen LogP contribution >= 0.6 is 0 Å². The van der Waals surface area contributed by atoms with Crippen molar-refractivity contribution in [1.29, 1.82) is 0 Å². The molecular weight excluding hydrogens is 214 g/mol.